The lowest BCUT2D eigenvalue weighted by atomic mass is 9.83. The molecule has 0 saturated heterocycles. The Morgan fingerprint density at radius 3 is 3.14 bits per heavy atom. The summed E-state index contributed by atoms with van der Waals surface area (Å²) in [6, 6.07) is -0.324. The lowest BCUT2D eigenvalue weighted by Gasteiger charge is -2.29. The molecule has 0 fully saturated rings. The molecule has 0 aromatic heterocycles. The summed E-state index contributed by atoms with van der Waals surface area (Å²) >= 11 is 0. The van der Waals surface area contributed by atoms with Gasteiger partial charge in [-0.15, -0.1) is 6.58 Å². The predicted molar refractivity (Wildman–Crippen MR) is 55.6 cm³/mol. The fraction of sp³-hybridized carbons (Fsp3) is 0.600. The minimum Gasteiger partial charge on any atom is -0.392 e. The van der Waals surface area contributed by atoms with Crippen LogP contribution in [0.4, 0.5) is 0 Å². The topological polar surface area (TPSA) is 69.0 Å². The average Bonchev–Trinajstić information content (AvgIpc) is 2.14. The van der Waals surface area contributed by atoms with Crippen molar-refractivity contribution in [2.75, 3.05) is 0 Å². The number of rotatable bonds is 3. The first kappa shape index (κ1) is 10.8. The maximum atomic E-state index is 9.85. The Bertz CT molecular complexity index is 292. The maximum absolute atomic E-state index is 9.85. The monoisotopic (exact) mass is 193 g/mol. The van der Waals surface area contributed by atoms with Gasteiger partial charge in [0.15, 0.2) is 0 Å². The summed E-state index contributed by atoms with van der Waals surface area (Å²) in [5.74, 6) is 0.0387. The van der Waals surface area contributed by atoms with E-state index in [1.807, 2.05) is 13.0 Å². The number of aliphatic hydroxyl groups is 1. The van der Waals surface area contributed by atoms with E-state index in [-0.39, 0.29) is 12.0 Å². The van der Waals surface area contributed by atoms with Crippen molar-refractivity contribution in [1.29, 1.82) is 0 Å². The van der Waals surface area contributed by atoms with Gasteiger partial charge in [-0.3, -0.25) is 0 Å². The van der Waals surface area contributed by atoms with E-state index < -0.39 is 6.10 Å². The summed E-state index contributed by atoms with van der Waals surface area (Å²) in [5.41, 5.74) is 9.51. The molecular weight excluding hydrogens is 178 g/mol. The van der Waals surface area contributed by atoms with Crippen LogP contribution < -0.4 is 0 Å². The minimum absolute atomic E-state index is 0.0387. The molecule has 0 heterocycles. The van der Waals surface area contributed by atoms with Crippen LogP contribution in [0.5, 0.6) is 0 Å². The molecule has 76 valence electrons. The van der Waals surface area contributed by atoms with Crippen LogP contribution >= 0.6 is 0 Å². The molecule has 14 heavy (non-hydrogen) atoms. The molecule has 0 amide bonds. The number of hydrogen-bond donors (Lipinski definition) is 1. The summed E-state index contributed by atoms with van der Waals surface area (Å²) < 4.78 is 0. The minimum atomic E-state index is -0.576. The Balaban J connectivity index is 2.82. The molecule has 4 nitrogen and oxygen atoms in total. The zero-order valence-corrected chi connectivity index (χ0v) is 8.30. The SMILES string of the molecule is C=CC[C@H]1C=C(C)C[C@H](N=[N+]=[N-])[C@H]1O. The van der Waals surface area contributed by atoms with Gasteiger partial charge in [-0.2, -0.15) is 0 Å². The van der Waals surface area contributed by atoms with Crippen molar-refractivity contribution >= 4 is 0 Å². The normalized spacial score (nSPS) is 31.6. The highest BCUT2D eigenvalue weighted by Crippen LogP contribution is 2.28. The van der Waals surface area contributed by atoms with Crippen molar-refractivity contribution < 1.29 is 5.11 Å². The van der Waals surface area contributed by atoms with Crippen LogP contribution in [0.2, 0.25) is 0 Å². The maximum Gasteiger partial charge on any atom is 0.0693 e. The molecule has 0 radical (unpaired) electrons. The first-order chi connectivity index (χ1) is 6.69. The van der Waals surface area contributed by atoms with Gasteiger partial charge >= 0.3 is 0 Å². The predicted octanol–water partition coefficient (Wildman–Crippen LogP) is 2.57. The number of aliphatic hydroxyl groups excluding tert-OH is 1. The Morgan fingerprint density at radius 1 is 1.86 bits per heavy atom. The van der Waals surface area contributed by atoms with E-state index in [4.69, 9.17) is 5.53 Å². The van der Waals surface area contributed by atoms with Crippen LogP contribution in [0, 0.1) is 5.92 Å². The Morgan fingerprint density at radius 2 is 2.57 bits per heavy atom. The lowest BCUT2D eigenvalue weighted by molar-refractivity contribution is 0.0960. The van der Waals surface area contributed by atoms with E-state index in [2.05, 4.69) is 16.6 Å². The molecule has 0 unspecified atom stereocenters. The summed E-state index contributed by atoms with van der Waals surface area (Å²) in [6.07, 6.45) is 4.60. The van der Waals surface area contributed by atoms with Crippen molar-refractivity contribution in [3.8, 4) is 0 Å². The van der Waals surface area contributed by atoms with Gasteiger partial charge in [-0.25, -0.2) is 0 Å². The van der Waals surface area contributed by atoms with E-state index in [1.165, 1.54) is 5.57 Å². The molecule has 4 heteroatoms. The van der Waals surface area contributed by atoms with Crippen LogP contribution in [0.15, 0.2) is 29.4 Å². The third-order valence-electron chi connectivity index (χ3n) is 2.50. The fourth-order valence-electron chi connectivity index (χ4n) is 1.84. The smallest absolute Gasteiger partial charge is 0.0693 e. The molecule has 0 spiro atoms. The molecular formula is C10H15N3O. The first-order valence-electron chi connectivity index (χ1n) is 4.69. The van der Waals surface area contributed by atoms with Gasteiger partial charge in [-0.05, 0) is 25.3 Å². The van der Waals surface area contributed by atoms with Crippen LogP contribution in [0.3, 0.4) is 0 Å². The summed E-state index contributed by atoms with van der Waals surface area (Å²) in [4.78, 5) is 2.75. The quantitative estimate of drug-likeness (QED) is 0.318. The Labute approximate surface area is 83.6 Å². The molecule has 1 rings (SSSR count). The highest BCUT2D eigenvalue weighted by molar-refractivity contribution is 5.13. The van der Waals surface area contributed by atoms with Crippen molar-refractivity contribution in [2.24, 2.45) is 11.0 Å². The van der Waals surface area contributed by atoms with Gasteiger partial charge in [0.25, 0.3) is 0 Å². The number of azide groups is 1. The Hall–Kier alpha value is -1.25. The van der Waals surface area contributed by atoms with Crippen LogP contribution in [-0.2, 0) is 0 Å². The molecule has 0 aromatic rings. The third-order valence-corrected chi connectivity index (χ3v) is 2.50. The molecule has 1 aliphatic carbocycles. The second-order valence-electron chi connectivity index (χ2n) is 3.67. The number of hydrogen-bond acceptors (Lipinski definition) is 2. The van der Waals surface area contributed by atoms with Crippen LogP contribution in [0.1, 0.15) is 19.8 Å². The van der Waals surface area contributed by atoms with E-state index in [1.54, 1.807) is 6.08 Å². The zero-order valence-electron chi connectivity index (χ0n) is 8.30. The van der Waals surface area contributed by atoms with Gasteiger partial charge in [-0.1, -0.05) is 22.8 Å². The summed E-state index contributed by atoms with van der Waals surface area (Å²) in [6.45, 7) is 5.63. The van der Waals surface area contributed by atoms with Gasteiger partial charge < -0.3 is 5.11 Å². The van der Waals surface area contributed by atoms with Gasteiger partial charge in [0, 0.05) is 10.8 Å². The average molecular weight is 193 g/mol. The summed E-state index contributed by atoms with van der Waals surface area (Å²) in [7, 11) is 0. The second-order valence-corrected chi connectivity index (χ2v) is 3.67. The van der Waals surface area contributed by atoms with Crippen LogP contribution in [-0.4, -0.2) is 17.3 Å². The molecule has 1 N–H and O–H groups in total. The molecule has 3 atom stereocenters. The van der Waals surface area contributed by atoms with Gasteiger partial charge in [0.05, 0.1) is 12.1 Å². The fourth-order valence-corrected chi connectivity index (χ4v) is 1.84. The van der Waals surface area contributed by atoms with E-state index in [9.17, 15) is 5.11 Å². The number of allylic oxidation sites excluding steroid dienone is 1. The molecule has 0 saturated carbocycles. The second kappa shape index (κ2) is 4.84. The largest absolute Gasteiger partial charge is 0.392 e. The molecule has 0 aromatic carbocycles. The van der Waals surface area contributed by atoms with E-state index in [0.717, 1.165) is 6.42 Å². The highest BCUT2D eigenvalue weighted by atomic mass is 16.3. The molecule has 1 aliphatic rings. The Kier molecular flexibility index (Phi) is 3.74. The van der Waals surface area contributed by atoms with E-state index in [0.29, 0.717) is 6.42 Å². The summed E-state index contributed by atoms with van der Waals surface area (Å²) in [5, 5.41) is 13.5. The van der Waals surface area contributed by atoms with Gasteiger partial charge in [0.1, 0.15) is 0 Å². The van der Waals surface area contributed by atoms with Gasteiger partial charge in [0.2, 0.25) is 0 Å². The first-order valence-corrected chi connectivity index (χ1v) is 4.69. The van der Waals surface area contributed by atoms with Crippen molar-refractivity contribution in [3.05, 3.63) is 34.7 Å². The molecule has 0 aliphatic heterocycles. The standard InChI is InChI=1S/C10H15N3O/c1-3-4-8-5-7(2)6-9(10(8)14)12-13-11/h3,5,8-10,14H,1,4,6H2,2H3/t8-,9-,10-/m0/s1. The highest BCUT2D eigenvalue weighted by Gasteiger charge is 2.28. The number of nitrogens with zero attached hydrogens (tertiary/aromatic N) is 3. The van der Waals surface area contributed by atoms with Crippen molar-refractivity contribution in [3.63, 3.8) is 0 Å². The van der Waals surface area contributed by atoms with Crippen molar-refractivity contribution in [2.45, 2.75) is 31.9 Å². The van der Waals surface area contributed by atoms with Crippen LogP contribution in [0.25, 0.3) is 10.4 Å². The lowest BCUT2D eigenvalue weighted by Crippen LogP contribution is -2.34. The zero-order chi connectivity index (χ0) is 10.6. The third kappa shape index (κ3) is 2.37. The van der Waals surface area contributed by atoms with E-state index >= 15 is 0 Å². The van der Waals surface area contributed by atoms with Crippen molar-refractivity contribution in [1.82, 2.24) is 0 Å². The molecule has 0 bridgehead atoms.